The summed E-state index contributed by atoms with van der Waals surface area (Å²) in [6.07, 6.45) is 1.75. The van der Waals surface area contributed by atoms with Gasteiger partial charge >= 0.3 is 5.69 Å². The third-order valence-electron chi connectivity index (χ3n) is 2.52. The van der Waals surface area contributed by atoms with Gasteiger partial charge in [-0.15, -0.1) is 11.3 Å². The minimum atomic E-state index is -0.207. The van der Waals surface area contributed by atoms with Gasteiger partial charge in [0.05, 0.1) is 11.0 Å². The summed E-state index contributed by atoms with van der Waals surface area (Å²) in [6, 6.07) is 5.58. The summed E-state index contributed by atoms with van der Waals surface area (Å²) in [5.74, 6) is 0. The van der Waals surface area contributed by atoms with Crippen molar-refractivity contribution in [1.29, 1.82) is 0 Å². The Bertz CT molecular complexity index is 741. The number of hydrogen-bond donors (Lipinski definition) is 4. The SMILES string of the molecule is NCc1cnc(Nc2ccc3[nH]c(=O)[nH]c3c2)s1. The van der Waals surface area contributed by atoms with Gasteiger partial charge in [0.1, 0.15) is 0 Å². The van der Waals surface area contributed by atoms with Gasteiger partial charge in [-0.25, -0.2) is 9.78 Å². The fourth-order valence-electron chi connectivity index (χ4n) is 1.69. The van der Waals surface area contributed by atoms with Crippen LogP contribution in [0.25, 0.3) is 11.0 Å². The first-order valence-corrected chi connectivity index (χ1v) is 6.20. The van der Waals surface area contributed by atoms with Gasteiger partial charge < -0.3 is 21.0 Å². The second kappa shape index (κ2) is 4.28. The van der Waals surface area contributed by atoms with E-state index in [1.807, 2.05) is 18.2 Å². The Morgan fingerprint density at radius 1 is 1.33 bits per heavy atom. The monoisotopic (exact) mass is 261 g/mol. The summed E-state index contributed by atoms with van der Waals surface area (Å²) in [5, 5.41) is 3.96. The molecule has 2 heterocycles. The Morgan fingerprint density at radius 3 is 2.94 bits per heavy atom. The van der Waals surface area contributed by atoms with E-state index in [1.165, 1.54) is 11.3 Å². The van der Waals surface area contributed by atoms with Crippen molar-refractivity contribution >= 4 is 33.2 Å². The van der Waals surface area contributed by atoms with Crippen molar-refractivity contribution in [3.05, 3.63) is 39.8 Å². The van der Waals surface area contributed by atoms with Gasteiger partial charge in [-0.2, -0.15) is 0 Å². The molecule has 0 spiro atoms. The summed E-state index contributed by atoms with van der Waals surface area (Å²) in [4.78, 5) is 21.8. The summed E-state index contributed by atoms with van der Waals surface area (Å²) >= 11 is 1.51. The Kier molecular flexibility index (Phi) is 2.62. The predicted molar refractivity (Wildman–Crippen MR) is 72.2 cm³/mol. The van der Waals surface area contributed by atoms with Crippen molar-refractivity contribution in [3.63, 3.8) is 0 Å². The molecule has 0 aliphatic rings. The average molecular weight is 261 g/mol. The normalized spacial score (nSPS) is 10.9. The van der Waals surface area contributed by atoms with E-state index in [4.69, 9.17) is 5.73 Å². The van der Waals surface area contributed by atoms with Crippen molar-refractivity contribution in [2.24, 2.45) is 5.73 Å². The summed E-state index contributed by atoms with van der Waals surface area (Å²) in [7, 11) is 0. The number of fused-ring (bicyclic) bond motifs is 1. The molecule has 0 fully saturated rings. The third-order valence-corrected chi connectivity index (χ3v) is 3.46. The minimum Gasteiger partial charge on any atom is -0.331 e. The van der Waals surface area contributed by atoms with E-state index in [-0.39, 0.29) is 5.69 Å². The van der Waals surface area contributed by atoms with Crippen LogP contribution in [0.2, 0.25) is 0 Å². The lowest BCUT2D eigenvalue weighted by molar-refractivity contribution is 1.10. The molecule has 0 unspecified atom stereocenters. The number of rotatable bonds is 3. The molecule has 0 aliphatic heterocycles. The first-order valence-electron chi connectivity index (χ1n) is 5.38. The van der Waals surface area contributed by atoms with E-state index >= 15 is 0 Å². The molecule has 0 saturated carbocycles. The zero-order chi connectivity index (χ0) is 12.5. The number of thiazole rings is 1. The van der Waals surface area contributed by atoms with Crippen molar-refractivity contribution in [1.82, 2.24) is 15.0 Å². The number of nitrogens with two attached hydrogens (primary N) is 1. The van der Waals surface area contributed by atoms with Crippen molar-refractivity contribution in [2.75, 3.05) is 5.32 Å². The molecule has 0 amide bonds. The molecule has 0 aliphatic carbocycles. The molecule has 92 valence electrons. The van der Waals surface area contributed by atoms with Crippen LogP contribution in [0.1, 0.15) is 4.88 Å². The standard InChI is InChI=1S/C11H11N5OS/c12-4-7-5-13-11(18-7)14-6-1-2-8-9(3-6)16-10(17)15-8/h1-3,5H,4,12H2,(H,13,14)(H2,15,16,17). The molecule has 6 nitrogen and oxygen atoms in total. The molecule has 18 heavy (non-hydrogen) atoms. The smallest absolute Gasteiger partial charge is 0.323 e. The van der Waals surface area contributed by atoms with Crippen LogP contribution in [0.3, 0.4) is 0 Å². The van der Waals surface area contributed by atoms with Gasteiger partial charge in [0.25, 0.3) is 0 Å². The quantitative estimate of drug-likeness (QED) is 0.574. The van der Waals surface area contributed by atoms with Crippen LogP contribution in [0, 0.1) is 0 Å². The molecule has 2 aromatic heterocycles. The van der Waals surface area contributed by atoms with Crippen LogP contribution >= 0.6 is 11.3 Å². The fourth-order valence-corrected chi connectivity index (χ4v) is 2.40. The van der Waals surface area contributed by atoms with Crippen molar-refractivity contribution in [2.45, 2.75) is 6.54 Å². The van der Waals surface area contributed by atoms with Gasteiger partial charge in [-0.1, -0.05) is 0 Å². The largest absolute Gasteiger partial charge is 0.331 e. The van der Waals surface area contributed by atoms with Crippen LogP contribution in [-0.4, -0.2) is 15.0 Å². The maximum atomic E-state index is 11.1. The van der Waals surface area contributed by atoms with Crippen molar-refractivity contribution < 1.29 is 0 Å². The van der Waals surface area contributed by atoms with Gasteiger partial charge in [0.15, 0.2) is 5.13 Å². The third kappa shape index (κ3) is 2.01. The highest BCUT2D eigenvalue weighted by Gasteiger charge is 2.03. The lowest BCUT2D eigenvalue weighted by Crippen LogP contribution is -1.99. The Balaban J connectivity index is 1.91. The lowest BCUT2D eigenvalue weighted by atomic mass is 10.3. The highest BCUT2D eigenvalue weighted by molar-refractivity contribution is 7.15. The highest BCUT2D eigenvalue weighted by atomic mass is 32.1. The first kappa shape index (κ1) is 11.0. The molecule has 3 rings (SSSR count). The number of nitrogens with one attached hydrogen (secondary N) is 3. The van der Waals surface area contributed by atoms with E-state index < -0.39 is 0 Å². The van der Waals surface area contributed by atoms with Crippen LogP contribution in [0.5, 0.6) is 0 Å². The first-order chi connectivity index (χ1) is 8.74. The number of H-pyrrole nitrogens is 2. The molecule has 1 aromatic carbocycles. The number of benzene rings is 1. The molecule has 0 saturated heterocycles. The van der Waals surface area contributed by atoms with E-state index in [0.29, 0.717) is 6.54 Å². The summed E-state index contributed by atoms with van der Waals surface area (Å²) < 4.78 is 0. The number of anilines is 2. The van der Waals surface area contributed by atoms with Gasteiger partial charge in [-0.05, 0) is 18.2 Å². The fraction of sp³-hybridized carbons (Fsp3) is 0.0909. The van der Waals surface area contributed by atoms with Gasteiger partial charge in [0, 0.05) is 23.3 Å². The molecule has 5 N–H and O–H groups in total. The molecule has 0 bridgehead atoms. The van der Waals surface area contributed by atoms with Crippen LogP contribution in [-0.2, 0) is 6.54 Å². The molecule has 0 radical (unpaired) electrons. The number of nitrogens with zero attached hydrogens (tertiary/aromatic N) is 1. The maximum absolute atomic E-state index is 11.1. The zero-order valence-electron chi connectivity index (χ0n) is 9.36. The highest BCUT2D eigenvalue weighted by Crippen LogP contribution is 2.23. The van der Waals surface area contributed by atoms with Crippen LogP contribution in [0.15, 0.2) is 29.2 Å². The molecular weight excluding hydrogens is 250 g/mol. The topological polar surface area (TPSA) is 99.6 Å². The number of aromatic amines is 2. The second-order valence-electron chi connectivity index (χ2n) is 3.80. The second-order valence-corrected chi connectivity index (χ2v) is 4.92. The Morgan fingerprint density at radius 2 is 2.17 bits per heavy atom. The number of imidazole rings is 1. The van der Waals surface area contributed by atoms with E-state index in [0.717, 1.165) is 26.7 Å². The van der Waals surface area contributed by atoms with Crippen LogP contribution < -0.4 is 16.7 Å². The summed E-state index contributed by atoms with van der Waals surface area (Å²) in [5.41, 5.74) is 7.75. The maximum Gasteiger partial charge on any atom is 0.323 e. The van der Waals surface area contributed by atoms with Crippen molar-refractivity contribution in [3.8, 4) is 0 Å². The summed E-state index contributed by atoms with van der Waals surface area (Å²) in [6.45, 7) is 0.490. The Hall–Kier alpha value is -2.12. The molecular formula is C11H11N5OS. The number of hydrogen-bond acceptors (Lipinski definition) is 5. The van der Waals surface area contributed by atoms with E-state index in [1.54, 1.807) is 6.20 Å². The predicted octanol–water partition coefficient (Wildman–Crippen LogP) is 1.51. The van der Waals surface area contributed by atoms with E-state index in [2.05, 4.69) is 20.3 Å². The molecule has 7 heteroatoms. The number of aromatic nitrogens is 3. The van der Waals surface area contributed by atoms with Gasteiger partial charge in [-0.3, -0.25) is 0 Å². The molecule has 3 aromatic rings. The van der Waals surface area contributed by atoms with E-state index in [9.17, 15) is 4.79 Å². The Labute approximate surface area is 106 Å². The van der Waals surface area contributed by atoms with Crippen LogP contribution in [0.4, 0.5) is 10.8 Å². The molecule has 0 atom stereocenters. The lowest BCUT2D eigenvalue weighted by Gasteiger charge is -2.01. The zero-order valence-corrected chi connectivity index (χ0v) is 10.2. The minimum absolute atomic E-state index is 0.207. The van der Waals surface area contributed by atoms with Gasteiger partial charge in [0.2, 0.25) is 0 Å². The average Bonchev–Trinajstić information content (AvgIpc) is 2.94.